The Morgan fingerprint density at radius 1 is 0.810 bits per heavy atom. The molecule has 0 atom stereocenters. The van der Waals surface area contributed by atoms with Gasteiger partial charge in [-0.15, -0.1) is 0 Å². The number of carbonyl (C=O) groups is 3. The summed E-state index contributed by atoms with van der Waals surface area (Å²) in [6, 6.07) is 20.1. The van der Waals surface area contributed by atoms with E-state index in [1.807, 2.05) is 36.4 Å². The summed E-state index contributed by atoms with van der Waals surface area (Å²) < 4.78 is 22.3. The third-order valence-corrected chi connectivity index (χ3v) is 6.85. The van der Waals surface area contributed by atoms with Gasteiger partial charge in [-0.25, -0.2) is 9.78 Å². The Labute approximate surface area is 240 Å². The van der Waals surface area contributed by atoms with E-state index in [0.29, 0.717) is 51.8 Å². The van der Waals surface area contributed by atoms with Crippen molar-refractivity contribution < 1.29 is 38.1 Å². The quantitative estimate of drug-likeness (QED) is 0.214. The lowest BCUT2D eigenvalue weighted by atomic mass is 10.0. The summed E-state index contributed by atoms with van der Waals surface area (Å²) in [5.41, 5.74) is 3.84. The number of hydrogen-bond acceptors (Lipinski definition) is 8. The maximum Gasteiger partial charge on any atom is 0.335 e. The van der Waals surface area contributed by atoms with E-state index < -0.39 is 11.9 Å². The van der Waals surface area contributed by atoms with Crippen molar-refractivity contribution in [3.63, 3.8) is 0 Å². The molecule has 1 heterocycles. The van der Waals surface area contributed by atoms with Crippen molar-refractivity contribution in [1.29, 1.82) is 0 Å². The summed E-state index contributed by atoms with van der Waals surface area (Å²) in [6.07, 6.45) is 0.509. The number of anilines is 1. The molecule has 0 aliphatic carbocycles. The highest BCUT2D eigenvalue weighted by Gasteiger charge is 2.23. The molecule has 42 heavy (non-hydrogen) atoms. The first kappa shape index (κ1) is 27.9. The molecule has 0 bridgehead atoms. The van der Waals surface area contributed by atoms with Crippen molar-refractivity contribution >= 4 is 34.9 Å². The molecule has 0 fully saturated rings. The van der Waals surface area contributed by atoms with Crippen LogP contribution in [0.5, 0.6) is 17.2 Å². The van der Waals surface area contributed by atoms with Crippen molar-refractivity contribution in [2.24, 2.45) is 0 Å². The minimum atomic E-state index is -1.21. The number of fused-ring (bicyclic) bond motifs is 1. The van der Waals surface area contributed by atoms with Gasteiger partial charge < -0.3 is 28.6 Å². The van der Waals surface area contributed by atoms with Gasteiger partial charge in [0.15, 0.2) is 23.4 Å². The smallest absolute Gasteiger partial charge is 0.335 e. The van der Waals surface area contributed by atoms with Crippen LogP contribution in [0, 0.1) is 0 Å². The summed E-state index contributed by atoms with van der Waals surface area (Å²) >= 11 is 0. The van der Waals surface area contributed by atoms with E-state index in [4.69, 9.17) is 18.6 Å². The molecule has 0 unspecified atom stereocenters. The van der Waals surface area contributed by atoms with E-state index in [9.17, 15) is 19.5 Å². The van der Waals surface area contributed by atoms with Crippen LogP contribution in [-0.2, 0) is 0 Å². The van der Waals surface area contributed by atoms with Crippen molar-refractivity contribution in [3.05, 3.63) is 89.5 Å². The third-order valence-electron chi connectivity index (χ3n) is 6.85. The number of nitrogens with zero attached hydrogens (tertiary/aromatic N) is 2. The number of methoxy groups -OCH3 is 3. The molecule has 212 valence electrons. The highest BCUT2D eigenvalue weighted by Crippen LogP contribution is 2.37. The predicted octanol–water partition coefficient (Wildman–Crippen LogP) is 5.97. The average molecular weight is 567 g/mol. The van der Waals surface area contributed by atoms with Gasteiger partial charge in [0.25, 0.3) is 5.91 Å². The van der Waals surface area contributed by atoms with Gasteiger partial charge in [0.05, 0.1) is 38.1 Å². The van der Waals surface area contributed by atoms with Crippen LogP contribution < -0.4 is 19.1 Å². The molecule has 1 aromatic heterocycles. The molecule has 5 aromatic rings. The number of carbonyl (C=O) groups excluding carboxylic acids is 2. The predicted molar refractivity (Wildman–Crippen MR) is 156 cm³/mol. The average Bonchev–Trinajstić information content (AvgIpc) is 3.46. The fraction of sp³-hybridized carbons (Fsp3) is 0.125. The standard InChI is InChI=1S/C32H26N2O8/c1-34(31(36)23-13-21(32(37)38)5-6-22(23)17-35)25-15-20(9-11-27(25)39-2)30-33-24-14-18(7-10-26(24)42-30)19-8-12-28(40-3)29(16-19)41-4/h5-17H,1-4H3,(H,37,38). The molecule has 1 N–H and O–H groups in total. The zero-order valence-corrected chi connectivity index (χ0v) is 23.2. The highest BCUT2D eigenvalue weighted by molar-refractivity contribution is 6.11. The molecule has 10 nitrogen and oxygen atoms in total. The first-order valence-electron chi connectivity index (χ1n) is 12.7. The monoisotopic (exact) mass is 566 g/mol. The topological polar surface area (TPSA) is 128 Å². The maximum atomic E-state index is 13.5. The molecular formula is C32H26N2O8. The van der Waals surface area contributed by atoms with Gasteiger partial charge in [0.2, 0.25) is 5.89 Å². The van der Waals surface area contributed by atoms with Gasteiger partial charge in [0.1, 0.15) is 11.3 Å². The van der Waals surface area contributed by atoms with Gasteiger partial charge in [-0.3, -0.25) is 9.59 Å². The Morgan fingerprint density at radius 2 is 1.48 bits per heavy atom. The molecule has 0 radical (unpaired) electrons. The van der Waals surface area contributed by atoms with Crippen LogP contribution >= 0.6 is 0 Å². The number of aromatic carboxylic acids is 1. The Balaban J connectivity index is 1.51. The second-order valence-corrected chi connectivity index (χ2v) is 9.25. The Hall–Kier alpha value is -5.64. The van der Waals surface area contributed by atoms with Crippen LogP contribution in [0.15, 0.2) is 77.2 Å². The van der Waals surface area contributed by atoms with Crippen LogP contribution in [0.2, 0.25) is 0 Å². The number of benzene rings is 4. The van der Waals surface area contributed by atoms with Crippen LogP contribution in [-0.4, -0.2) is 56.6 Å². The summed E-state index contributed by atoms with van der Waals surface area (Å²) in [7, 11) is 6.14. The van der Waals surface area contributed by atoms with E-state index >= 15 is 0 Å². The van der Waals surface area contributed by atoms with E-state index in [-0.39, 0.29) is 16.7 Å². The molecule has 0 saturated heterocycles. The molecular weight excluding hydrogens is 540 g/mol. The number of aromatic nitrogens is 1. The lowest BCUT2D eigenvalue weighted by Crippen LogP contribution is -2.28. The number of carboxylic acid groups (broad SMARTS) is 1. The highest BCUT2D eigenvalue weighted by atomic mass is 16.5. The number of rotatable bonds is 9. The number of amides is 1. The van der Waals surface area contributed by atoms with Crippen molar-refractivity contribution in [3.8, 4) is 39.8 Å². The normalized spacial score (nSPS) is 10.8. The van der Waals surface area contributed by atoms with Gasteiger partial charge in [0, 0.05) is 18.2 Å². The van der Waals surface area contributed by atoms with Gasteiger partial charge >= 0.3 is 5.97 Å². The van der Waals surface area contributed by atoms with Crippen LogP contribution in [0.3, 0.4) is 0 Å². The number of ether oxygens (including phenoxy) is 3. The molecule has 1 amide bonds. The zero-order chi connectivity index (χ0) is 30.0. The largest absolute Gasteiger partial charge is 0.495 e. The van der Waals surface area contributed by atoms with Crippen LogP contribution in [0.25, 0.3) is 33.7 Å². The van der Waals surface area contributed by atoms with Crippen molar-refractivity contribution in [2.45, 2.75) is 0 Å². The van der Waals surface area contributed by atoms with Crippen LogP contribution in [0.1, 0.15) is 31.1 Å². The molecule has 0 saturated carbocycles. The first-order valence-corrected chi connectivity index (χ1v) is 12.7. The Kier molecular flexibility index (Phi) is 7.61. The summed E-state index contributed by atoms with van der Waals surface area (Å²) in [5.74, 6) is 0.128. The first-order chi connectivity index (χ1) is 20.3. The second-order valence-electron chi connectivity index (χ2n) is 9.25. The maximum absolute atomic E-state index is 13.5. The fourth-order valence-electron chi connectivity index (χ4n) is 4.60. The zero-order valence-electron chi connectivity index (χ0n) is 23.2. The van der Waals surface area contributed by atoms with Crippen molar-refractivity contribution in [1.82, 2.24) is 4.98 Å². The van der Waals surface area contributed by atoms with Crippen molar-refractivity contribution in [2.75, 3.05) is 33.3 Å². The van der Waals surface area contributed by atoms with Crippen LogP contribution in [0.4, 0.5) is 5.69 Å². The number of aldehydes is 1. The SMILES string of the molecule is COc1ccc(-c2ccc3oc(-c4ccc(OC)c(N(C)C(=O)c5cc(C(=O)O)ccc5C=O)c4)nc3c2)cc1OC. The molecule has 0 aliphatic rings. The Morgan fingerprint density at radius 3 is 2.17 bits per heavy atom. The third kappa shape index (κ3) is 5.13. The van der Waals surface area contributed by atoms with Gasteiger partial charge in [-0.2, -0.15) is 0 Å². The minimum Gasteiger partial charge on any atom is -0.495 e. The fourth-order valence-corrected chi connectivity index (χ4v) is 4.60. The molecule has 4 aromatic carbocycles. The second kappa shape index (κ2) is 11.5. The number of hydrogen-bond donors (Lipinski definition) is 1. The minimum absolute atomic E-state index is 0.0515. The molecule has 10 heteroatoms. The van der Waals surface area contributed by atoms with E-state index in [1.54, 1.807) is 32.4 Å². The summed E-state index contributed by atoms with van der Waals surface area (Å²) in [6.45, 7) is 0. The molecule has 5 rings (SSSR count). The van der Waals surface area contributed by atoms with Gasteiger partial charge in [-0.1, -0.05) is 18.2 Å². The van der Waals surface area contributed by atoms with E-state index in [2.05, 4.69) is 4.98 Å². The number of oxazole rings is 1. The van der Waals surface area contributed by atoms with Gasteiger partial charge in [-0.05, 0) is 65.7 Å². The summed E-state index contributed by atoms with van der Waals surface area (Å²) in [4.78, 5) is 42.6. The molecule has 0 aliphatic heterocycles. The van der Waals surface area contributed by atoms with E-state index in [0.717, 1.165) is 11.1 Å². The lowest BCUT2D eigenvalue weighted by molar-refractivity contribution is 0.0696. The Bertz CT molecular complexity index is 1840. The lowest BCUT2D eigenvalue weighted by Gasteiger charge is -2.21. The summed E-state index contributed by atoms with van der Waals surface area (Å²) in [5, 5.41) is 9.38. The van der Waals surface area contributed by atoms with E-state index in [1.165, 1.54) is 37.3 Å². The number of carboxylic acids is 1. The molecule has 0 spiro atoms.